The van der Waals surface area contributed by atoms with Crippen molar-refractivity contribution in [3.8, 4) is 11.5 Å². The predicted octanol–water partition coefficient (Wildman–Crippen LogP) is 3.46. The van der Waals surface area contributed by atoms with E-state index < -0.39 is 0 Å². The molecule has 4 fully saturated rings. The van der Waals surface area contributed by atoms with E-state index in [1.54, 1.807) is 13.2 Å². The van der Waals surface area contributed by atoms with Gasteiger partial charge in [0.25, 0.3) is 0 Å². The topological polar surface area (TPSA) is 41.5 Å². The quantitative estimate of drug-likeness (QED) is 0.891. The highest BCUT2D eigenvalue weighted by Crippen LogP contribution is 2.55. The van der Waals surface area contributed by atoms with Gasteiger partial charge in [-0.1, -0.05) is 6.07 Å². The Morgan fingerprint density at radius 2 is 1.76 bits per heavy atom. The molecule has 0 radical (unpaired) electrons. The van der Waals surface area contributed by atoms with Gasteiger partial charge in [0.1, 0.15) is 0 Å². The van der Waals surface area contributed by atoms with Crippen LogP contribution < -0.4 is 10.1 Å². The number of ether oxygens (including phenoxy) is 1. The van der Waals surface area contributed by atoms with E-state index in [-0.39, 0.29) is 5.75 Å². The second-order valence-electron chi connectivity index (χ2n) is 7.56. The Balaban J connectivity index is 1.47. The van der Waals surface area contributed by atoms with E-state index in [9.17, 15) is 5.11 Å². The lowest BCUT2D eigenvalue weighted by atomic mass is 9.53. The first-order valence-electron chi connectivity index (χ1n) is 8.27. The average molecular weight is 287 g/mol. The van der Waals surface area contributed by atoms with Crippen molar-refractivity contribution in [3.05, 3.63) is 23.8 Å². The Morgan fingerprint density at radius 1 is 1.14 bits per heavy atom. The normalized spacial score (nSPS) is 36.9. The molecule has 0 atom stereocenters. The fourth-order valence-electron chi connectivity index (χ4n) is 5.45. The Hall–Kier alpha value is -1.22. The summed E-state index contributed by atoms with van der Waals surface area (Å²) in [7, 11) is 1.60. The molecule has 114 valence electrons. The van der Waals surface area contributed by atoms with Gasteiger partial charge >= 0.3 is 0 Å². The molecule has 4 bridgehead atoms. The van der Waals surface area contributed by atoms with E-state index in [0.29, 0.717) is 11.3 Å². The zero-order valence-electron chi connectivity index (χ0n) is 12.8. The number of methoxy groups -OCH3 is 1. The van der Waals surface area contributed by atoms with E-state index in [0.717, 1.165) is 24.3 Å². The number of rotatable bonds is 4. The number of nitrogens with one attached hydrogen (secondary N) is 1. The first-order chi connectivity index (χ1) is 10.2. The number of hydrogen-bond acceptors (Lipinski definition) is 3. The van der Waals surface area contributed by atoms with Crippen molar-refractivity contribution >= 4 is 0 Å². The van der Waals surface area contributed by atoms with Crippen LogP contribution in [0.3, 0.4) is 0 Å². The highest BCUT2D eigenvalue weighted by Gasteiger charge is 2.50. The number of aromatic hydroxyl groups is 1. The van der Waals surface area contributed by atoms with Crippen molar-refractivity contribution in [2.75, 3.05) is 7.11 Å². The molecule has 4 saturated carbocycles. The lowest BCUT2D eigenvalue weighted by Gasteiger charge is -2.57. The minimum Gasteiger partial charge on any atom is -0.504 e. The van der Waals surface area contributed by atoms with Gasteiger partial charge in [0.2, 0.25) is 0 Å². The van der Waals surface area contributed by atoms with Gasteiger partial charge in [-0.05, 0) is 74.0 Å². The summed E-state index contributed by atoms with van der Waals surface area (Å²) in [5.74, 6) is 3.70. The lowest BCUT2D eigenvalue weighted by molar-refractivity contribution is -0.0206. The van der Waals surface area contributed by atoms with Crippen LogP contribution in [0.25, 0.3) is 0 Å². The standard InChI is InChI=1S/C18H25NO2/c1-21-17-7-12(2-3-16(17)20)11-19-18-8-13-4-14(9-18)6-15(5-13)10-18/h2-3,7,13-15,19-20H,4-6,8-11H2,1H3. The molecule has 0 amide bonds. The van der Waals surface area contributed by atoms with Crippen LogP contribution in [0.4, 0.5) is 0 Å². The molecule has 4 aliphatic rings. The van der Waals surface area contributed by atoms with Crippen molar-refractivity contribution in [1.29, 1.82) is 0 Å². The van der Waals surface area contributed by atoms with Crippen LogP contribution in [-0.2, 0) is 6.54 Å². The smallest absolute Gasteiger partial charge is 0.160 e. The van der Waals surface area contributed by atoms with Gasteiger partial charge in [-0.2, -0.15) is 0 Å². The molecule has 2 N–H and O–H groups in total. The van der Waals surface area contributed by atoms with Crippen molar-refractivity contribution in [1.82, 2.24) is 5.32 Å². The third-order valence-corrected chi connectivity index (χ3v) is 5.95. The predicted molar refractivity (Wildman–Crippen MR) is 82.4 cm³/mol. The Bertz CT molecular complexity index is 505. The Morgan fingerprint density at radius 3 is 2.33 bits per heavy atom. The lowest BCUT2D eigenvalue weighted by Crippen LogP contribution is -2.58. The summed E-state index contributed by atoms with van der Waals surface area (Å²) in [5.41, 5.74) is 1.58. The highest BCUT2D eigenvalue weighted by molar-refractivity contribution is 5.41. The molecule has 0 aliphatic heterocycles. The van der Waals surface area contributed by atoms with Crippen molar-refractivity contribution in [2.45, 2.75) is 50.6 Å². The van der Waals surface area contributed by atoms with E-state index in [2.05, 4.69) is 5.32 Å². The summed E-state index contributed by atoms with van der Waals surface area (Å²) in [6.07, 6.45) is 8.55. The fourth-order valence-corrected chi connectivity index (χ4v) is 5.45. The third-order valence-electron chi connectivity index (χ3n) is 5.95. The van der Waals surface area contributed by atoms with Crippen molar-refractivity contribution < 1.29 is 9.84 Å². The molecule has 0 spiro atoms. The van der Waals surface area contributed by atoms with Crippen molar-refractivity contribution in [2.24, 2.45) is 17.8 Å². The summed E-state index contributed by atoms with van der Waals surface area (Å²) >= 11 is 0. The van der Waals surface area contributed by atoms with Crippen LogP contribution in [0.1, 0.15) is 44.1 Å². The van der Waals surface area contributed by atoms with Gasteiger partial charge in [0, 0.05) is 12.1 Å². The molecule has 1 aromatic carbocycles. The molecular formula is C18H25NO2. The molecule has 0 saturated heterocycles. The van der Waals surface area contributed by atoms with Gasteiger partial charge in [0.05, 0.1) is 7.11 Å². The summed E-state index contributed by atoms with van der Waals surface area (Å²) in [4.78, 5) is 0. The molecule has 3 nitrogen and oxygen atoms in total. The summed E-state index contributed by atoms with van der Waals surface area (Å²) in [6, 6.07) is 5.67. The van der Waals surface area contributed by atoms with Crippen LogP contribution in [0.5, 0.6) is 11.5 Å². The van der Waals surface area contributed by atoms with Gasteiger partial charge in [0.15, 0.2) is 11.5 Å². The van der Waals surface area contributed by atoms with Gasteiger partial charge in [-0.3, -0.25) is 0 Å². The van der Waals surface area contributed by atoms with E-state index >= 15 is 0 Å². The zero-order chi connectivity index (χ0) is 14.4. The van der Waals surface area contributed by atoms with Gasteiger partial charge < -0.3 is 15.2 Å². The number of hydrogen-bond donors (Lipinski definition) is 2. The Labute approximate surface area is 126 Å². The SMILES string of the molecule is COc1cc(CNC23CC4CC(CC(C4)C2)C3)ccc1O. The summed E-state index contributed by atoms with van der Waals surface area (Å²) in [5, 5.41) is 13.6. The molecule has 5 rings (SSSR count). The first kappa shape index (κ1) is 13.4. The van der Waals surface area contributed by atoms with Crippen LogP contribution >= 0.6 is 0 Å². The summed E-state index contributed by atoms with van der Waals surface area (Å²) in [6.45, 7) is 0.878. The largest absolute Gasteiger partial charge is 0.504 e. The minimum atomic E-state index is 0.219. The van der Waals surface area contributed by atoms with Crippen LogP contribution in [-0.4, -0.2) is 17.8 Å². The molecule has 0 aromatic heterocycles. The van der Waals surface area contributed by atoms with Crippen LogP contribution in [0.2, 0.25) is 0 Å². The maximum absolute atomic E-state index is 9.69. The number of benzene rings is 1. The number of phenolic OH excluding ortho intramolecular Hbond substituents is 1. The number of phenols is 1. The molecule has 21 heavy (non-hydrogen) atoms. The van der Waals surface area contributed by atoms with Crippen molar-refractivity contribution in [3.63, 3.8) is 0 Å². The van der Waals surface area contributed by atoms with Crippen LogP contribution in [0.15, 0.2) is 18.2 Å². The molecule has 0 unspecified atom stereocenters. The third kappa shape index (κ3) is 2.42. The maximum atomic E-state index is 9.69. The minimum absolute atomic E-state index is 0.219. The maximum Gasteiger partial charge on any atom is 0.160 e. The molecule has 0 heterocycles. The average Bonchev–Trinajstić information content (AvgIpc) is 2.45. The second-order valence-corrected chi connectivity index (χ2v) is 7.56. The van der Waals surface area contributed by atoms with Gasteiger partial charge in [-0.15, -0.1) is 0 Å². The van der Waals surface area contributed by atoms with Gasteiger partial charge in [-0.25, -0.2) is 0 Å². The highest BCUT2D eigenvalue weighted by atomic mass is 16.5. The van der Waals surface area contributed by atoms with E-state index in [4.69, 9.17) is 4.74 Å². The van der Waals surface area contributed by atoms with Crippen LogP contribution in [0, 0.1) is 17.8 Å². The molecule has 1 aromatic rings. The Kier molecular flexibility index (Phi) is 3.14. The first-order valence-corrected chi connectivity index (χ1v) is 8.27. The second kappa shape index (κ2) is 4.91. The summed E-state index contributed by atoms with van der Waals surface area (Å²) < 4.78 is 5.20. The molecular weight excluding hydrogens is 262 g/mol. The monoisotopic (exact) mass is 287 g/mol. The van der Waals surface area contributed by atoms with E-state index in [1.807, 2.05) is 12.1 Å². The molecule has 4 aliphatic carbocycles. The fraction of sp³-hybridized carbons (Fsp3) is 0.667. The van der Waals surface area contributed by atoms with E-state index in [1.165, 1.54) is 44.1 Å². The zero-order valence-corrected chi connectivity index (χ0v) is 12.8. The molecule has 3 heteroatoms.